The maximum atomic E-state index is 11.4. The quantitative estimate of drug-likeness (QED) is 0.339. The van der Waals surface area contributed by atoms with E-state index in [9.17, 15) is 4.79 Å². The first-order valence-corrected chi connectivity index (χ1v) is 7.52. The van der Waals surface area contributed by atoms with Crippen molar-refractivity contribution in [2.75, 3.05) is 5.73 Å². The molecule has 2 rings (SSSR count). The number of hydrogen-bond acceptors (Lipinski definition) is 5. The molecule has 0 bridgehead atoms. The number of rotatable bonds is 4. The minimum Gasteiger partial charge on any atom is -0.397 e. The van der Waals surface area contributed by atoms with Gasteiger partial charge in [0.1, 0.15) is 5.03 Å². The summed E-state index contributed by atoms with van der Waals surface area (Å²) in [4.78, 5) is 15.6. The van der Waals surface area contributed by atoms with Gasteiger partial charge in [0.15, 0.2) is 0 Å². The van der Waals surface area contributed by atoms with Crippen molar-refractivity contribution >= 4 is 39.3 Å². The minimum atomic E-state index is -0.320. The lowest BCUT2D eigenvalue weighted by atomic mass is 10.1. The summed E-state index contributed by atoms with van der Waals surface area (Å²) in [7, 11) is 0. The Morgan fingerprint density at radius 3 is 2.85 bits per heavy atom. The number of amides is 1. The monoisotopic (exact) mass is 352 g/mol. The maximum absolute atomic E-state index is 11.4. The highest BCUT2D eigenvalue weighted by atomic mass is 79.9. The Labute approximate surface area is 129 Å². The highest BCUT2D eigenvalue weighted by molar-refractivity contribution is 9.10. The van der Waals surface area contributed by atoms with Crippen molar-refractivity contribution in [3.05, 3.63) is 52.1 Å². The Morgan fingerprint density at radius 2 is 2.20 bits per heavy atom. The summed E-state index contributed by atoms with van der Waals surface area (Å²) in [6.45, 7) is 0. The fourth-order valence-corrected chi connectivity index (χ4v) is 3.18. The fourth-order valence-electron chi connectivity index (χ4n) is 1.56. The van der Waals surface area contributed by atoms with Crippen LogP contribution in [0.3, 0.4) is 0 Å². The summed E-state index contributed by atoms with van der Waals surface area (Å²) in [5.41, 5.74) is 10.2. The number of nitrogen functional groups attached to an aromatic ring is 2. The number of benzene rings is 1. The van der Waals surface area contributed by atoms with Gasteiger partial charge in [0.05, 0.1) is 5.69 Å². The Bertz CT molecular complexity index is 636. The number of halogens is 1. The number of carbonyl (C=O) groups excluding carboxylic acids is 1. The van der Waals surface area contributed by atoms with Crippen LogP contribution in [0.1, 0.15) is 15.9 Å². The van der Waals surface area contributed by atoms with Gasteiger partial charge in [-0.1, -0.05) is 33.8 Å². The number of nitrogens with one attached hydrogen (secondary N) is 1. The number of nitrogens with two attached hydrogens (primary N) is 2. The molecule has 0 aliphatic heterocycles. The van der Waals surface area contributed by atoms with Crippen molar-refractivity contribution in [2.24, 2.45) is 5.84 Å². The molecule has 2 aromatic rings. The summed E-state index contributed by atoms with van der Waals surface area (Å²) in [5, 5.41) is 0.795. The van der Waals surface area contributed by atoms with Gasteiger partial charge in [-0.15, -0.1) is 0 Å². The molecule has 0 radical (unpaired) electrons. The number of hydrogen-bond donors (Lipinski definition) is 3. The molecule has 1 aromatic heterocycles. The number of carbonyl (C=O) groups is 1. The van der Waals surface area contributed by atoms with Gasteiger partial charge in [0.25, 0.3) is 5.91 Å². The van der Waals surface area contributed by atoms with Crippen molar-refractivity contribution in [3.8, 4) is 0 Å². The van der Waals surface area contributed by atoms with Crippen LogP contribution in [-0.4, -0.2) is 10.9 Å². The van der Waals surface area contributed by atoms with Crippen LogP contribution in [-0.2, 0) is 5.75 Å². The van der Waals surface area contributed by atoms with E-state index in [2.05, 4.69) is 26.3 Å². The van der Waals surface area contributed by atoms with Gasteiger partial charge in [0.2, 0.25) is 0 Å². The van der Waals surface area contributed by atoms with Crippen molar-refractivity contribution in [3.63, 3.8) is 0 Å². The van der Waals surface area contributed by atoms with Crippen LogP contribution in [0.25, 0.3) is 0 Å². The zero-order valence-corrected chi connectivity index (χ0v) is 12.9. The third-order valence-electron chi connectivity index (χ3n) is 2.61. The van der Waals surface area contributed by atoms with Crippen molar-refractivity contribution in [2.45, 2.75) is 10.8 Å². The zero-order chi connectivity index (χ0) is 14.5. The van der Waals surface area contributed by atoms with Crippen LogP contribution >= 0.6 is 27.7 Å². The van der Waals surface area contributed by atoms with E-state index in [0.717, 1.165) is 15.1 Å². The Hall–Kier alpha value is -1.57. The lowest BCUT2D eigenvalue weighted by Gasteiger charge is -2.07. The van der Waals surface area contributed by atoms with Crippen molar-refractivity contribution in [1.82, 2.24) is 10.4 Å². The van der Waals surface area contributed by atoms with E-state index in [-0.39, 0.29) is 5.91 Å². The number of thioether (sulfide) groups is 1. The van der Waals surface area contributed by atoms with E-state index in [1.165, 1.54) is 0 Å². The third-order valence-corrected chi connectivity index (χ3v) is 4.42. The second-order valence-electron chi connectivity index (χ2n) is 3.97. The Kier molecular flexibility index (Phi) is 4.99. The molecule has 0 atom stereocenters. The molecule has 5 N–H and O–H groups in total. The molecule has 0 aliphatic rings. The summed E-state index contributed by atoms with van der Waals surface area (Å²) < 4.78 is 0.848. The molecule has 104 valence electrons. The Balaban J connectivity index is 2.11. The molecular formula is C13H13BrN4OS. The molecular weight excluding hydrogens is 340 g/mol. The average molecular weight is 353 g/mol. The largest absolute Gasteiger partial charge is 0.397 e. The van der Waals surface area contributed by atoms with Gasteiger partial charge in [-0.25, -0.2) is 10.8 Å². The molecule has 0 unspecified atom stereocenters. The van der Waals surface area contributed by atoms with E-state index in [4.69, 9.17) is 11.6 Å². The van der Waals surface area contributed by atoms with Gasteiger partial charge >= 0.3 is 0 Å². The molecule has 5 nitrogen and oxygen atoms in total. The number of pyridine rings is 1. The number of aromatic nitrogens is 1. The number of nitrogens with zero attached hydrogens (tertiary/aromatic N) is 1. The van der Waals surface area contributed by atoms with Crippen LogP contribution in [0.4, 0.5) is 5.69 Å². The summed E-state index contributed by atoms with van der Waals surface area (Å²) in [6, 6.07) is 8.96. The molecule has 1 aromatic carbocycles. The van der Waals surface area contributed by atoms with E-state index in [1.807, 2.05) is 12.1 Å². The van der Waals surface area contributed by atoms with Crippen LogP contribution < -0.4 is 17.0 Å². The predicted octanol–water partition coefficient (Wildman–Crippen LogP) is 2.32. The molecule has 0 saturated heterocycles. The summed E-state index contributed by atoms with van der Waals surface area (Å²) in [6.07, 6.45) is 1.71. The second-order valence-corrected chi connectivity index (χ2v) is 5.78. The van der Waals surface area contributed by atoms with E-state index in [0.29, 0.717) is 17.0 Å². The molecule has 20 heavy (non-hydrogen) atoms. The zero-order valence-electron chi connectivity index (χ0n) is 10.5. The van der Waals surface area contributed by atoms with Crippen LogP contribution in [0.5, 0.6) is 0 Å². The average Bonchev–Trinajstić information content (AvgIpc) is 2.46. The van der Waals surface area contributed by atoms with Gasteiger partial charge in [-0.3, -0.25) is 10.2 Å². The van der Waals surface area contributed by atoms with Gasteiger partial charge in [0, 0.05) is 22.0 Å². The topological polar surface area (TPSA) is 94.0 Å². The van der Waals surface area contributed by atoms with Gasteiger partial charge in [-0.05, 0) is 29.8 Å². The SMILES string of the molecule is NNC(=O)c1ccc(CSc2ncccc2N)c(Br)c1. The van der Waals surface area contributed by atoms with Gasteiger partial charge in [-0.2, -0.15) is 0 Å². The molecule has 1 amide bonds. The van der Waals surface area contributed by atoms with Crippen molar-refractivity contribution < 1.29 is 4.79 Å². The van der Waals surface area contributed by atoms with Crippen molar-refractivity contribution in [1.29, 1.82) is 0 Å². The van der Waals surface area contributed by atoms with E-state index >= 15 is 0 Å². The first-order valence-electron chi connectivity index (χ1n) is 5.74. The third kappa shape index (κ3) is 3.50. The molecule has 0 saturated carbocycles. The van der Waals surface area contributed by atoms with E-state index < -0.39 is 0 Å². The van der Waals surface area contributed by atoms with Crippen LogP contribution in [0.15, 0.2) is 46.0 Å². The maximum Gasteiger partial charge on any atom is 0.265 e. The number of anilines is 1. The lowest BCUT2D eigenvalue weighted by Crippen LogP contribution is -2.29. The summed E-state index contributed by atoms with van der Waals surface area (Å²) >= 11 is 4.99. The molecule has 7 heteroatoms. The van der Waals surface area contributed by atoms with E-state index in [1.54, 1.807) is 36.2 Å². The fraction of sp³-hybridized carbons (Fsp3) is 0.0769. The molecule has 0 spiro atoms. The lowest BCUT2D eigenvalue weighted by molar-refractivity contribution is 0.0953. The smallest absolute Gasteiger partial charge is 0.265 e. The highest BCUT2D eigenvalue weighted by Crippen LogP contribution is 2.29. The minimum absolute atomic E-state index is 0.320. The summed E-state index contributed by atoms with van der Waals surface area (Å²) in [5.74, 6) is 5.48. The standard InChI is InChI=1S/C13H13BrN4OS/c14-10-6-8(12(19)18-16)3-4-9(10)7-20-13-11(15)2-1-5-17-13/h1-6H,7,15-16H2,(H,18,19). The highest BCUT2D eigenvalue weighted by Gasteiger charge is 2.08. The molecule has 0 fully saturated rings. The predicted molar refractivity (Wildman–Crippen MR) is 84.0 cm³/mol. The van der Waals surface area contributed by atoms with Crippen LogP contribution in [0.2, 0.25) is 0 Å². The van der Waals surface area contributed by atoms with Crippen LogP contribution in [0, 0.1) is 0 Å². The first kappa shape index (κ1) is 14.8. The van der Waals surface area contributed by atoms with Gasteiger partial charge < -0.3 is 5.73 Å². The molecule has 1 heterocycles. The second kappa shape index (κ2) is 6.74. The normalized spacial score (nSPS) is 10.3. The molecule has 0 aliphatic carbocycles. The number of hydrazine groups is 1. The Morgan fingerprint density at radius 1 is 1.40 bits per heavy atom. The first-order chi connectivity index (χ1) is 9.61.